The Hall–Kier alpha value is -2.34. The number of nitrogens with zero attached hydrogens (tertiary/aromatic N) is 2. The number of ether oxygens (including phenoxy) is 1. The molecule has 162 valence electrons. The van der Waals surface area contributed by atoms with Gasteiger partial charge in [0, 0.05) is 37.1 Å². The lowest BCUT2D eigenvalue weighted by Crippen LogP contribution is -2.98. The summed E-state index contributed by atoms with van der Waals surface area (Å²) < 4.78 is 5.14. The summed E-state index contributed by atoms with van der Waals surface area (Å²) in [6.07, 6.45) is 4.92. The van der Waals surface area contributed by atoms with E-state index in [1.165, 1.54) is 16.7 Å². The molecule has 30 heavy (non-hydrogen) atoms. The molecule has 0 bridgehead atoms. The minimum absolute atomic E-state index is 0.0489. The highest BCUT2D eigenvalue weighted by atomic mass is 16.6. The molecule has 2 aliphatic heterocycles. The summed E-state index contributed by atoms with van der Waals surface area (Å²) in [5.41, 5.74) is 4.76. The van der Waals surface area contributed by atoms with Crippen molar-refractivity contribution in [1.82, 2.24) is 9.80 Å². The fourth-order valence-corrected chi connectivity index (χ4v) is 5.26. The molecule has 0 radical (unpaired) electrons. The molecule has 1 aromatic rings. The van der Waals surface area contributed by atoms with Crippen molar-refractivity contribution in [2.45, 2.75) is 71.1 Å². The highest BCUT2D eigenvalue weighted by molar-refractivity contribution is 5.97. The molecule has 1 aromatic carbocycles. The second-order valence-electron chi connectivity index (χ2n) is 8.79. The van der Waals surface area contributed by atoms with Crippen molar-refractivity contribution in [2.24, 2.45) is 0 Å². The molecule has 0 saturated carbocycles. The monoisotopic (exact) mass is 412 g/mol. The van der Waals surface area contributed by atoms with Crippen LogP contribution in [-0.2, 0) is 16.0 Å². The quantitative estimate of drug-likeness (QED) is 0.827. The van der Waals surface area contributed by atoms with Crippen LogP contribution in [0.15, 0.2) is 35.4 Å². The van der Waals surface area contributed by atoms with Gasteiger partial charge in [-0.1, -0.05) is 24.3 Å². The van der Waals surface area contributed by atoms with Gasteiger partial charge in [0.15, 0.2) is 6.17 Å². The number of hydrogen-bond acceptors (Lipinski definition) is 3. The van der Waals surface area contributed by atoms with Crippen LogP contribution in [0.1, 0.15) is 63.6 Å². The first-order valence-electron chi connectivity index (χ1n) is 11.4. The smallest absolute Gasteiger partial charge is 0.409 e. The fourth-order valence-electron chi connectivity index (χ4n) is 5.26. The van der Waals surface area contributed by atoms with E-state index >= 15 is 0 Å². The standard InChI is InChI=1S/C24H33N3O3/c1-4-30-24(29)26-14-12-19(13-15-26)25-22-16(2)17(3)23(28)27(22)21-11-7-9-18-8-5-6-10-20(18)21/h5-6,8,10,19,21-22,25H,4,7,9,11-15H2,1-3H3/p+1/t21-,22+/m0/s1. The molecule has 4 rings (SSSR count). The number of hydrogen-bond donors (Lipinski definition) is 1. The Labute approximate surface area is 179 Å². The zero-order valence-corrected chi connectivity index (χ0v) is 18.4. The highest BCUT2D eigenvalue weighted by Crippen LogP contribution is 2.39. The Morgan fingerprint density at radius 3 is 2.63 bits per heavy atom. The number of amides is 2. The van der Waals surface area contributed by atoms with Crippen LogP contribution in [0.25, 0.3) is 0 Å². The SMILES string of the molecule is CCOC(=O)N1CCC([NH2+][C@H]2C(C)=C(C)C(=O)N2[C@H]2CCCc3ccccc32)CC1. The molecule has 2 heterocycles. The fraction of sp³-hybridized carbons (Fsp3) is 0.583. The van der Waals surface area contributed by atoms with Gasteiger partial charge < -0.3 is 15.0 Å². The van der Waals surface area contributed by atoms with Crippen LogP contribution in [0.5, 0.6) is 0 Å². The van der Waals surface area contributed by atoms with Crippen molar-refractivity contribution in [3.63, 3.8) is 0 Å². The van der Waals surface area contributed by atoms with Gasteiger partial charge in [-0.15, -0.1) is 0 Å². The van der Waals surface area contributed by atoms with E-state index < -0.39 is 0 Å². The van der Waals surface area contributed by atoms with Gasteiger partial charge in [0.2, 0.25) is 0 Å². The second kappa shape index (κ2) is 8.80. The Bertz CT molecular complexity index is 842. The molecule has 1 aliphatic carbocycles. The van der Waals surface area contributed by atoms with E-state index in [0.717, 1.165) is 37.7 Å². The Morgan fingerprint density at radius 1 is 1.17 bits per heavy atom. The first-order valence-corrected chi connectivity index (χ1v) is 11.4. The number of nitrogens with two attached hydrogens (primary N) is 1. The van der Waals surface area contributed by atoms with Crippen molar-refractivity contribution < 1.29 is 19.6 Å². The first kappa shape index (κ1) is 20.9. The van der Waals surface area contributed by atoms with Crippen LogP contribution in [-0.4, -0.2) is 53.7 Å². The summed E-state index contributed by atoms with van der Waals surface area (Å²) in [6.45, 7) is 7.76. The summed E-state index contributed by atoms with van der Waals surface area (Å²) in [7, 11) is 0. The summed E-state index contributed by atoms with van der Waals surface area (Å²) in [4.78, 5) is 29.2. The normalized spacial score (nSPS) is 25.0. The van der Waals surface area contributed by atoms with Crippen LogP contribution in [0.3, 0.4) is 0 Å². The van der Waals surface area contributed by atoms with Crippen molar-refractivity contribution in [1.29, 1.82) is 0 Å². The molecule has 2 amide bonds. The number of carbonyl (C=O) groups excluding carboxylic acids is 2. The molecule has 0 spiro atoms. The van der Waals surface area contributed by atoms with Crippen LogP contribution < -0.4 is 5.32 Å². The number of benzene rings is 1. The number of likely N-dealkylation sites (tertiary alicyclic amines) is 1. The predicted molar refractivity (Wildman–Crippen MR) is 115 cm³/mol. The third kappa shape index (κ3) is 3.85. The minimum atomic E-state index is -0.209. The largest absolute Gasteiger partial charge is 0.450 e. The molecule has 2 atom stereocenters. The lowest BCUT2D eigenvalue weighted by Gasteiger charge is -2.38. The van der Waals surface area contributed by atoms with Gasteiger partial charge in [-0.05, 0) is 51.2 Å². The first-order chi connectivity index (χ1) is 14.5. The highest BCUT2D eigenvalue weighted by Gasteiger charge is 2.44. The number of fused-ring (bicyclic) bond motifs is 1. The van der Waals surface area contributed by atoms with Crippen molar-refractivity contribution in [3.05, 3.63) is 46.5 Å². The lowest BCUT2D eigenvalue weighted by molar-refractivity contribution is -0.731. The number of aryl methyl sites for hydroxylation is 1. The van der Waals surface area contributed by atoms with Gasteiger partial charge in [-0.25, -0.2) is 4.79 Å². The number of quaternary nitrogens is 1. The summed E-state index contributed by atoms with van der Waals surface area (Å²) in [6, 6.07) is 9.15. The molecule has 2 N–H and O–H groups in total. The van der Waals surface area contributed by atoms with E-state index in [4.69, 9.17) is 4.74 Å². The van der Waals surface area contributed by atoms with E-state index in [1.54, 1.807) is 4.90 Å². The van der Waals surface area contributed by atoms with Crippen LogP contribution >= 0.6 is 0 Å². The molecule has 0 aromatic heterocycles. The van der Waals surface area contributed by atoms with E-state index in [0.29, 0.717) is 25.7 Å². The Morgan fingerprint density at radius 2 is 1.90 bits per heavy atom. The molecule has 6 nitrogen and oxygen atoms in total. The van der Waals surface area contributed by atoms with Crippen LogP contribution in [0.4, 0.5) is 4.79 Å². The van der Waals surface area contributed by atoms with Gasteiger partial charge in [0.25, 0.3) is 5.91 Å². The average molecular weight is 413 g/mol. The van der Waals surface area contributed by atoms with Crippen LogP contribution in [0.2, 0.25) is 0 Å². The number of carbonyl (C=O) groups is 2. The molecular formula is C24H34N3O3+. The van der Waals surface area contributed by atoms with Gasteiger partial charge in [-0.2, -0.15) is 0 Å². The lowest BCUT2D eigenvalue weighted by atomic mass is 9.86. The van der Waals surface area contributed by atoms with Crippen molar-refractivity contribution in [2.75, 3.05) is 19.7 Å². The van der Waals surface area contributed by atoms with Crippen molar-refractivity contribution in [3.8, 4) is 0 Å². The maximum Gasteiger partial charge on any atom is 0.409 e. The van der Waals surface area contributed by atoms with E-state index in [2.05, 4.69) is 41.4 Å². The van der Waals surface area contributed by atoms with Gasteiger partial charge in [0.05, 0.1) is 18.7 Å². The van der Waals surface area contributed by atoms with E-state index in [-0.39, 0.29) is 24.2 Å². The van der Waals surface area contributed by atoms with Crippen LogP contribution in [0, 0.1) is 0 Å². The number of piperidine rings is 1. The summed E-state index contributed by atoms with van der Waals surface area (Å²) >= 11 is 0. The third-order valence-corrected chi connectivity index (χ3v) is 7.08. The predicted octanol–water partition coefficient (Wildman–Crippen LogP) is 2.75. The van der Waals surface area contributed by atoms with Gasteiger partial charge >= 0.3 is 6.09 Å². The van der Waals surface area contributed by atoms with Crippen molar-refractivity contribution >= 4 is 12.0 Å². The van der Waals surface area contributed by atoms with Gasteiger partial charge in [0.1, 0.15) is 0 Å². The third-order valence-electron chi connectivity index (χ3n) is 7.08. The molecule has 6 heteroatoms. The molecule has 1 fully saturated rings. The summed E-state index contributed by atoms with van der Waals surface area (Å²) in [5, 5.41) is 2.38. The average Bonchev–Trinajstić information content (AvgIpc) is 2.97. The van der Waals surface area contributed by atoms with Gasteiger partial charge in [-0.3, -0.25) is 9.69 Å². The Kier molecular flexibility index (Phi) is 6.14. The zero-order chi connectivity index (χ0) is 21.3. The minimum Gasteiger partial charge on any atom is -0.450 e. The molecular weight excluding hydrogens is 378 g/mol. The van der Waals surface area contributed by atoms with E-state index in [1.807, 2.05) is 13.8 Å². The Balaban J connectivity index is 1.49. The van der Waals surface area contributed by atoms with E-state index in [9.17, 15) is 9.59 Å². The maximum absolute atomic E-state index is 13.3. The second-order valence-corrected chi connectivity index (χ2v) is 8.79. The number of rotatable bonds is 4. The molecule has 3 aliphatic rings. The topological polar surface area (TPSA) is 66.5 Å². The molecule has 0 unspecified atom stereocenters. The maximum atomic E-state index is 13.3. The summed E-state index contributed by atoms with van der Waals surface area (Å²) in [5.74, 6) is 0.180. The molecule has 1 saturated heterocycles. The zero-order valence-electron chi connectivity index (χ0n) is 18.4.